The lowest BCUT2D eigenvalue weighted by atomic mass is 10.3. The van der Waals surface area contributed by atoms with Crippen LogP contribution in [0.4, 0.5) is 11.6 Å². The molecular weight excluding hydrogens is 218 g/mol. The number of nitrogens with zero attached hydrogens (tertiary/aromatic N) is 3. The number of aromatic nitrogens is 3. The van der Waals surface area contributed by atoms with Gasteiger partial charge >= 0.3 is 0 Å². The largest absolute Gasteiger partial charge is 0.384 e. The Balaban J connectivity index is 1.73. The van der Waals surface area contributed by atoms with Crippen molar-refractivity contribution in [2.75, 3.05) is 11.1 Å². The number of nitrogen functional groups attached to an aromatic ring is 1. The van der Waals surface area contributed by atoms with Crippen LogP contribution in [0.5, 0.6) is 0 Å². The maximum Gasteiger partial charge on any atom is 0.155 e. The summed E-state index contributed by atoms with van der Waals surface area (Å²) in [6.07, 6.45) is 3.93. The first-order valence-corrected chi connectivity index (χ1v) is 5.59. The van der Waals surface area contributed by atoms with Crippen LogP contribution in [0.25, 0.3) is 0 Å². The van der Waals surface area contributed by atoms with Crippen LogP contribution < -0.4 is 11.1 Å². The Morgan fingerprint density at radius 1 is 1.41 bits per heavy atom. The molecule has 6 heteroatoms. The van der Waals surface area contributed by atoms with E-state index in [9.17, 15) is 0 Å². The average Bonchev–Trinajstić information content (AvgIpc) is 3.04. The highest BCUT2D eigenvalue weighted by atomic mass is 16.5. The summed E-state index contributed by atoms with van der Waals surface area (Å²) in [5.74, 6) is 3.32. The first-order chi connectivity index (χ1) is 8.31. The molecule has 88 valence electrons. The van der Waals surface area contributed by atoms with Gasteiger partial charge in [0.05, 0.1) is 12.7 Å². The van der Waals surface area contributed by atoms with E-state index in [0.29, 0.717) is 18.3 Å². The van der Waals surface area contributed by atoms with Crippen LogP contribution in [-0.2, 0) is 6.54 Å². The molecule has 0 aliphatic heterocycles. The van der Waals surface area contributed by atoms with Gasteiger partial charge in [-0.3, -0.25) is 0 Å². The molecule has 0 aromatic carbocycles. The number of hydrogen-bond donors (Lipinski definition) is 2. The van der Waals surface area contributed by atoms with Gasteiger partial charge in [-0.25, -0.2) is 9.97 Å². The second-order valence-corrected chi connectivity index (χ2v) is 4.14. The minimum atomic E-state index is 0.490. The fourth-order valence-electron chi connectivity index (χ4n) is 1.61. The molecule has 2 aromatic rings. The van der Waals surface area contributed by atoms with Crippen molar-refractivity contribution in [3.63, 3.8) is 0 Å². The van der Waals surface area contributed by atoms with Crippen molar-refractivity contribution in [3.05, 3.63) is 29.9 Å². The summed E-state index contributed by atoms with van der Waals surface area (Å²) in [4.78, 5) is 8.66. The Morgan fingerprint density at radius 2 is 2.29 bits per heavy atom. The Kier molecular flexibility index (Phi) is 2.40. The molecule has 6 nitrogen and oxygen atoms in total. The first kappa shape index (κ1) is 10.1. The zero-order valence-corrected chi connectivity index (χ0v) is 9.26. The van der Waals surface area contributed by atoms with Gasteiger partial charge < -0.3 is 15.6 Å². The summed E-state index contributed by atoms with van der Waals surface area (Å²) in [6, 6.07) is 3.53. The number of nitrogens with two attached hydrogens (primary N) is 1. The Hall–Kier alpha value is -2.11. The van der Waals surface area contributed by atoms with Crippen molar-refractivity contribution in [2.45, 2.75) is 25.3 Å². The van der Waals surface area contributed by atoms with Crippen LogP contribution in [0.15, 0.2) is 22.9 Å². The van der Waals surface area contributed by atoms with E-state index < -0.39 is 0 Å². The highest BCUT2D eigenvalue weighted by Gasteiger charge is 2.27. The van der Waals surface area contributed by atoms with Gasteiger partial charge in [-0.2, -0.15) is 0 Å². The van der Waals surface area contributed by atoms with Crippen molar-refractivity contribution < 1.29 is 4.52 Å². The van der Waals surface area contributed by atoms with E-state index in [0.717, 1.165) is 30.2 Å². The summed E-state index contributed by atoms with van der Waals surface area (Å²) in [6.45, 7) is 0.542. The molecule has 0 atom stereocenters. The van der Waals surface area contributed by atoms with Gasteiger partial charge in [-0.15, -0.1) is 0 Å². The van der Waals surface area contributed by atoms with Gasteiger partial charge in [0.25, 0.3) is 0 Å². The number of anilines is 2. The third-order valence-electron chi connectivity index (χ3n) is 2.64. The fraction of sp³-hybridized carbons (Fsp3) is 0.364. The standard InChI is InChI=1S/C11H13N5O/c12-9-5-10(13-6-8-3-4-14-17-8)16-11(15-9)7-1-2-7/h3-5,7H,1-2,6H2,(H3,12,13,15,16). The molecule has 0 radical (unpaired) electrons. The number of nitrogens with one attached hydrogen (secondary N) is 1. The number of hydrogen-bond acceptors (Lipinski definition) is 6. The van der Waals surface area contributed by atoms with Crippen LogP contribution in [0.2, 0.25) is 0 Å². The van der Waals surface area contributed by atoms with E-state index in [1.54, 1.807) is 18.3 Å². The van der Waals surface area contributed by atoms with Crippen LogP contribution in [0.1, 0.15) is 30.3 Å². The summed E-state index contributed by atoms with van der Waals surface area (Å²) in [7, 11) is 0. The van der Waals surface area contributed by atoms with Gasteiger partial charge in [-0.05, 0) is 12.8 Å². The van der Waals surface area contributed by atoms with E-state index in [1.165, 1.54) is 0 Å². The van der Waals surface area contributed by atoms with Crippen LogP contribution in [0.3, 0.4) is 0 Å². The molecule has 1 fully saturated rings. The molecule has 0 amide bonds. The third-order valence-corrected chi connectivity index (χ3v) is 2.64. The molecule has 17 heavy (non-hydrogen) atoms. The quantitative estimate of drug-likeness (QED) is 0.829. The maximum absolute atomic E-state index is 5.75. The Labute approximate surface area is 98.2 Å². The maximum atomic E-state index is 5.75. The summed E-state index contributed by atoms with van der Waals surface area (Å²) in [5, 5.41) is 6.78. The van der Waals surface area contributed by atoms with E-state index in [-0.39, 0.29) is 0 Å². The highest BCUT2D eigenvalue weighted by Crippen LogP contribution is 2.38. The van der Waals surface area contributed by atoms with Gasteiger partial charge in [0, 0.05) is 18.1 Å². The molecule has 0 unspecified atom stereocenters. The first-order valence-electron chi connectivity index (χ1n) is 5.59. The molecule has 0 saturated heterocycles. The number of rotatable bonds is 4. The molecule has 0 spiro atoms. The van der Waals surface area contributed by atoms with Crippen molar-refractivity contribution in [2.24, 2.45) is 0 Å². The van der Waals surface area contributed by atoms with E-state index in [4.69, 9.17) is 10.3 Å². The lowest BCUT2D eigenvalue weighted by Gasteiger charge is -2.06. The van der Waals surface area contributed by atoms with Gasteiger partial charge in [0.1, 0.15) is 17.5 Å². The molecule has 2 aromatic heterocycles. The Morgan fingerprint density at radius 3 is 3.00 bits per heavy atom. The summed E-state index contributed by atoms with van der Waals surface area (Å²) in [5.41, 5.74) is 5.75. The van der Waals surface area contributed by atoms with Crippen molar-refractivity contribution in [3.8, 4) is 0 Å². The molecule has 1 aliphatic carbocycles. The second-order valence-electron chi connectivity index (χ2n) is 4.14. The van der Waals surface area contributed by atoms with E-state index in [2.05, 4.69) is 20.4 Å². The molecule has 3 rings (SSSR count). The summed E-state index contributed by atoms with van der Waals surface area (Å²) >= 11 is 0. The molecular formula is C11H13N5O. The zero-order chi connectivity index (χ0) is 11.7. The van der Waals surface area contributed by atoms with Crippen LogP contribution in [-0.4, -0.2) is 15.1 Å². The lowest BCUT2D eigenvalue weighted by Crippen LogP contribution is -2.05. The van der Waals surface area contributed by atoms with Crippen molar-refractivity contribution >= 4 is 11.6 Å². The minimum absolute atomic E-state index is 0.490. The van der Waals surface area contributed by atoms with E-state index >= 15 is 0 Å². The topological polar surface area (TPSA) is 89.9 Å². The zero-order valence-electron chi connectivity index (χ0n) is 9.26. The smallest absolute Gasteiger partial charge is 0.155 e. The van der Waals surface area contributed by atoms with E-state index in [1.807, 2.05) is 0 Å². The average molecular weight is 231 g/mol. The Bertz CT molecular complexity index is 507. The molecule has 1 aliphatic rings. The molecule has 1 saturated carbocycles. The normalized spacial score (nSPS) is 14.8. The van der Waals surface area contributed by atoms with Crippen LogP contribution in [0, 0.1) is 0 Å². The highest BCUT2D eigenvalue weighted by molar-refractivity contribution is 5.45. The SMILES string of the molecule is Nc1cc(NCc2ccno2)nc(C2CC2)n1. The monoisotopic (exact) mass is 231 g/mol. The minimum Gasteiger partial charge on any atom is -0.384 e. The fourth-order valence-corrected chi connectivity index (χ4v) is 1.61. The van der Waals surface area contributed by atoms with Gasteiger partial charge in [-0.1, -0.05) is 5.16 Å². The molecule has 2 heterocycles. The van der Waals surface area contributed by atoms with Crippen molar-refractivity contribution in [1.29, 1.82) is 0 Å². The van der Waals surface area contributed by atoms with Crippen molar-refractivity contribution in [1.82, 2.24) is 15.1 Å². The second kappa shape index (κ2) is 4.04. The van der Waals surface area contributed by atoms with Crippen LogP contribution >= 0.6 is 0 Å². The predicted octanol–water partition coefficient (Wildman–Crippen LogP) is 1.54. The molecule has 3 N–H and O–H groups in total. The lowest BCUT2D eigenvalue weighted by molar-refractivity contribution is 0.388. The predicted molar refractivity (Wildman–Crippen MR) is 62.2 cm³/mol. The molecule has 0 bridgehead atoms. The van der Waals surface area contributed by atoms with Gasteiger partial charge in [0.2, 0.25) is 0 Å². The van der Waals surface area contributed by atoms with Gasteiger partial charge in [0.15, 0.2) is 5.76 Å². The third kappa shape index (κ3) is 2.35. The summed E-state index contributed by atoms with van der Waals surface area (Å²) < 4.78 is 4.99.